The Labute approximate surface area is 219 Å². The fraction of sp³-hybridized carbons (Fsp3) is 0.333. The van der Waals surface area contributed by atoms with E-state index >= 15 is 0 Å². The monoisotopic (exact) mass is 543 g/mol. The lowest BCUT2D eigenvalue weighted by Crippen LogP contribution is -2.35. The second-order valence-electron chi connectivity index (χ2n) is 8.85. The SMILES string of the molecule is COc1ccnc(S(=O)(=O)Nc2ccc(-c3nc(OC4CCN(C)CC4)c4c(C)[nH]nc4n3)cc2Cl)c1. The van der Waals surface area contributed by atoms with E-state index in [0.717, 1.165) is 37.0 Å². The normalized spacial score (nSPS) is 15.1. The number of aromatic nitrogens is 5. The third kappa shape index (κ3) is 5.31. The maximum Gasteiger partial charge on any atom is 0.279 e. The molecule has 0 amide bonds. The molecule has 0 bridgehead atoms. The summed E-state index contributed by atoms with van der Waals surface area (Å²) < 4.78 is 39.6. The van der Waals surface area contributed by atoms with Gasteiger partial charge in [0.05, 0.1) is 17.8 Å². The minimum Gasteiger partial charge on any atom is -0.497 e. The number of H-pyrrole nitrogens is 1. The van der Waals surface area contributed by atoms with Crippen LogP contribution in [0.2, 0.25) is 5.02 Å². The molecule has 1 aliphatic rings. The number of anilines is 1. The van der Waals surface area contributed by atoms with Gasteiger partial charge in [-0.15, -0.1) is 0 Å². The van der Waals surface area contributed by atoms with Crippen molar-refractivity contribution in [2.45, 2.75) is 30.9 Å². The van der Waals surface area contributed by atoms with Gasteiger partial charge in [-0.1, -0.05) is 11.6 Å². The van der Waals surface area contributed by atoms with Gasteiger partial charge in [0.2, 0.25) is 5.88 Å². The molecular weight excluding hydrogens is 518 g/mol. The number of fused-ring (bicyclic) bond motifs is 1. The van der Waals surface area contributed by atoms with Gasteiger partial charge >= 0.3 is 0 Å². The number of hydrogen-bond donors (Lipinski definition) is 2. The summed E-state index contributed by atoms with van der Waals surface area (Å²) in [5.74, 6) is 1.20. The highest BCUT2D eigenvalue weighted by Crippen LogP contribution is 2.33. The van der Waals surface area contributed by atoms with Crippen LogP contribution in [0.3, 0.4) is 0 Å². The lowest BCUT2D eigenvalue weighted by molar-refractivity contribution is 0.111. The van der Waals surface area contributed by atoms with Gasteiger partial charge in [-0.2, -0.15) is 18.5 Å². The number of hydrogen-bond acceptors (Lipinski definition) is 9. The Bertz CT molecular complexity index is 1550. The number of nitrogens with zero attached hydrogens (tertiary/aromatic N) is 5. The molecule has 11 nitrogen and oxygen atoms in total. The van der Waals surface area contributed by atoms with Gasteiger partial charge in [0.15, 0.2) is 16.5 Å². The number of ether oxygens (including phenoxy) is 2. The lowest BCUT2D eigenvalue weighted by atomic mass is 10.1. The van der Waals surface area contributed by atoms with Gasteiger partial charge in [0, 0.05) is 36.6 Å². The summed E-state index contributed by atoms with van der Waals surface area (Å²) in [7, 11) is -0.451. The molecule has 4 heterocycles. The summed E-state index contributed by atoms with van der Waals surface area (Å²) in [4.78, 5) is 15.5. The van der Waals surface area contributed by atoms with Gasteiger partial charge in [0.25, 0.3) is 10.0 Å². The number of pyridine rings is 1. The predicted octanol–water partition coefficient (Wildman–Crippen LogP) is 3.66. The zero-order chi connectivity index (χ0) is 26.2. The van der Waals surface area contributed by atoms with Gasteiger partial charge in [-0.05, 0) is 51.1 Å². The number of likely N-dealkylation sites (tertiary alicyclic amines) is 1. The third-order valence-corrected chi connectivity index (χ3v) is 7.77. The molecule has 0 unspecified atom stereocenters. The number of halogens is 1. The molecule has 1 fully saturated rings. The first kappa shape index (κ1) is 25.2. The minimum atomic E-state index is -3.99. The molecular formula is C24H26ClN7O4S. The van der Waals surface area contributed by atoms with Crippen LogP contribution < -0.4 is 14.2 Å². The molecule has 1 aromatic carbocycles. The molecule has 37 heavy (non-hydrogen) atoms. The lowest BCUT2D eigenvalue weighted by Gasteiger charge is -2.29. The van der Waals surface area contributed by atoms with Crippen molar-refractivity contribution < 1.29 is 17.9 Å². The van der Waals surface area contributed by atoms with E-state index in [4.69, 9.17) is 26.1 Å². The molecule has 13 heteroatoms. The third-order valence-electron chi connectivity index (χ3n) is 6.19. The van der Waals surface area contributed by atoms with Crippen LogP contribution in [0, 0.1) is 6.92 Å². The highest BCUT2D eigenvalue weighted by molar-refractivity contribution is 7.92. The maximum atomic E-state index is 12.8. The van der Waals surface area contributed by atoms with E-state index in [9.17, 15) is 8.42 Å². The smallest absolute Gasteiger partial charge is 0.279 e. The number of sulfonamides is 1. The van der Waals surface area contributed by atoms with E-state index in [1.54, 1.807) is 24.3 Å². The number of piperidine rings is 1. The summed E-state index contributed by atoms with van der Waals surface area (Å²) in [6.45, 7) is 3.80. The van der Waals surface area contributed by atoms with Crippen LogP contribution in [-0.2, 0) is 10.0 Å². The molecule has 0 saturated carbocycles. The largest absolute Gasteiger partial charge is 0.497 e. The highest BCUT2D eigenvalue weighted by Gasteiger charge is 2.23. The Morgan fingerprint density at radius 1 is 1.16 bits per heavy atom. The minimum absolute atomic E-state index is 0.0436. The fourth-order valence-corrected chi connectivity index (χ4v) is 5.43. The van der Waals surface area contributed by atoms with Crippen molar-refractivity contribution in [2.24, 2.45) is 0 Å². The molecule has 3 aromatic heterocycles. The van der Waals surface area contributed by atoms with E-state index in [1.807, 2.05) is 6.92 Å². The first-order valence-electron chi connectivity index (χ1n) is 11.6. The fourth-order valence-electron chi connectivity index (χ4n) is 4.10. The second-order valence-corrected chi connectivity index (χ2v) is 10.9. The Morgan fingerprint density at radius 3 is 2.68 bits per heavy atom. The maximum absolute atomic E-state index is 12.8. The highest BCUT2D eigenvalue weighted by atomic mass is 35.5. The number of rotatable bonds is 7. The van der Waals surface area contributed by atoms with Crippen molar-refractivity contribution in [2.75, 3.05) is 32.0 Å². The molecule has 4 aromatic rings. The van der Waals surface area contributed by atoms with Crippen molar-refractivity contribution in [1.82, 2.24) is 30.0 Å². The number of nitrogens with one attached hydrogen (secondary N) is 2. The molecule has 2 N–H and O–H groups in total. The molecule has 0 spiro atoms. The van der Waals surface area contributed by atoms with Crippen LogP contribution >= 0.6 is 11.6 Å². The Balaban J connectivity index is 1.44. The van der Waals surface area contributed by atoms with Gasteiger partial charge in [-0.25, -0.2) is 9.97 Å². The quantitative estimate of drug-likeness (QED) is 0.358. The zero-order valence-electron chi connectivity index (χ0n) is 20.5. The Hall–Kier alpha value is -3.48. The summed E-state index contributed by atoms with van der Waals surface area (Å²) in [6, 6.07) is 7.71. The predicted molar refractivity (Wildman–Crippen MR) is 140 cm³/mol. The molecule has 0 atom stereocenters. The van der Waals surface area contributed by atoms with Gasteiger partial charge < -0.3 is 14.4 Å². The Kier molecular flexibility index (Phi) is 6.88. The van der Waals surface area contributed by atoms with E-state index in [1.165, 1.54) is 19.4 Å². The summed E-state index contributed by atoms with van der Waals surface area (Å²) in [5, 5.41) is 7.97. The number of methoxy groups -OCH3 is 1. The van der Waals surface area contributed by atoms with Crippen LogP contribution in [0.1, 0.15) is 18.5 Å². The van der Waals surface area contributed by atoms with Gasteiger partial charge in [-0.3, -0.25) is 9.82 Å². The molecule has 1 saturated heterocycles. The molecule has 1 aliphatic heterocycles. The Morgan fingerprint density at radius 2 is 1.95 bits per heavy atom. The molecule has 5 rings (SSSR count). The van der Waals surface area contributed by atoms with E-state index < -0.39 is 10.0 Å². The van der Waals surface area contributed by atoms with Crippen molar-refractivity contribution in [1.29, 1.82) is 0 Å². The second kappa shape index (κ2) is 10.1. The summed E-state index contributed by atoms with van der Waals surface area (Å²) >= 11 is 6.48. The molecule has 0 radical (unpaired) electrons. The number of aryl methyl sites for hydroxylation is 1. The van der Waals surface area contributed by atoms with Crippen LogP contribution in [-0.4, -0.2) is 71.8 Å². The van der Waals surface area contributed by atoms with Crippen LogP contribution in [0.25, 0.3) is 22.4 Å². The first-order valence-corrected chi connectivity index (χ1v) is 13.5. The van der Waals surface area contributed by atoms with E-state index in [0.29, 0.717) is 28.7 Å². The topological polar surface area (TPSA) is 135 Å². The van der Waals surface area contributed by atoms with E-state index in [2.05, 4.69) is 36.8 Å². The summed E-state index contributed by atoms with van der Waals surface area (Å²) in [6.07, 6.45) is 3.20. The average Bonchev–Trinajstić information content (AvgIpc) is 3.27. The standard InChI is InChI=1S/C24H26ClN7O4S/c1-14-21-23(30-29-14)27-22(28-24(21)36-16-7-10-32(2)11-8-16)15-4-5-19(18(25)12-15)31-37(33,34)20-13-17(35-3)6-9-26-20/h4-6,9,12-13,16,31H,7-8,10-11H2,1-3H3,(H,27,28,29,30). The zero-order valence-corrected chi connectivity index (χ0v) is 22.1. The van der Waals surface area contributed by atoms with Crippen molar-refractivity contribution in [3.05, 3.63) is 47.2 Å². The van der Waals surface area contributed by atoms with Crippen LogP contribution in [0.5, 0.6) is 11.6 Å². The summed E-state index contributed by atoms with van der Waals surface area (Å²) in [5.41, 5.74) is 2.08. The van der Waals surface area contributed by atoms with Gasteiger partial charge in [0.1, 0.15) is 17.2 Å². The molecule has 194 valence electrons. The number of benzene rings is 1. The van der Waals surface area contributed by atoms with Crippen molar-refractivity contribution in [3.63, 3.8) is 0 Å². The van der Waals surface area contributed by atoms with Crippen molar-refractivity contribution in [3.8, 4) is 23.0 Å². The van der Waals surface area contributed by atoms with Crippen LogP contribution in [0.4, 0.5) is 5.69 Å². The van der Waals surface area contributed by atoms with E-state index in [-0.39, 0.29) is 21.8 Å². The average molecular weight is 544 g/mol. The number of aromatic amines is 1. The van der Waals surface area contributed by atoms with Crippen LogP contribution in [0.15, 0.2) is 41.6 Å². The van der Waals surface area contributed by atoms with Crippen molar-refractivity contribution >= 4 is 38.3 Å². The molecule has 0 aliphatic carbocycles. The first-order chi connectivity index (χ1) is 17.7.